The van der Waals surface area contributed by atoms with Crippen molar-refractivity contribution < 1.29 is 48.3 Å². The van der Waals surface area contributed by atoms with Crippen LogP contribution in [0, 0.1) is 5.82 Å². The van der Waals surface area contributed by atoms with E-state index < -0.39 is 61.9 Å². The molecule has 2 heterocycles. The van der Waals surface area contributed by atoms with E-state index in [9.17, 15) is 43.5 Å². The Morgan fingerprint density at radius 2 is 1.49 bits per heavy atom. The summed E-state index contributed by atoms with van der Waals surface area (Å²) in [7, 11) is -4.53. The van der Waals surface area contributed by atoms with Crippen LogP contribution in [0.2, 0.25) is 0 Å². The lowest BCUT2D eigenvalue weighted by molar-refractivity contribution is -0.348. The zero-order valence-corrected chi connectivity index (χ0v) is 20.5. The van der Waals surface area contributed by atoms with Gasteiger partial charge in [0, 0.05) is 23.7 Å². The van der Waals surface area contributed by atoms with Crippen molar-refractivity contribution >= 4 is 9.84 Å². The molecule has 3 atom stereocenters. The maximum Gasteiger partial charge on any atom is 0.435 e. The van der Waals surface area contributed by atoms with Gasteiger partial charge in [-0.15, -0.1) is 0 Å². The third kappa shape index (κ3) is 3.92. The number of alkyl halides is 7. The molecule has 0 bridgehead atoms. The zero-order valence-electron chi connectivity index (χ0n) is 19.7. The van der Waals surface area contributed by atoms with E-state index >= 15 is 0 Å². The Labute approximate surface area is 217 Å². The smallest absolute Gasteiger partial charge is 0.435 e. The number of ether oxygens (including phenoxy) is 1. The van der Waals surface area contributed by atoms with Crippen LogP contribution in [-0.4, -0.2) is 39.5 Å². The van der Waals surface area contributed by atoms with Gasteiger partial charge in [-0.1, -0.05) is 42.5 Å². The second kappa shape index (κ2) is 8.91. The van der Waals surface area contributed by atoms with Gasteiger partial charge in [0.1, 0.15) is 17.7 Å². The zero-order chi connectivity index (χ0) is 28.4. The van der Waals surface area contributed by atoms with Crippen LogP contribution < -0.4 is 10.1 Å². The van der Waals surface area contributed by atoms with Crippen LogP contribution in [-0.2, 0) is 26.7 Å². The van der Waals surface area contributed by atoms with Crippen LogP contribution in [0.5, 0.6) is 5.75 Å². The molecule has 0 spiro atoms. The van der Waals surface area contributed by atoms with Crippen LogP contribution in [0.25, 0.3) is 0 Å². The fourth-order valence-electron chi connectivity index (χ4n) is 5.45. The van der Waals surface area contributed by atoms with Gasteiger partial charge in [-0.3, -0.25) is 0 Å². The molecule has 0 aliphatic carbocycles. The summed E-state index contributed by atoms with van der Waals surface area (Å²) in [6, 6.07) is 12.8. The summed E-state index contributed by atoms with van der Waals surface area (Å²) in [4.78, 5) is -0.332. The van der Waals surface area contributed by atoms with Crippen LogP contribution in [0.1, 0.15) is 16.7 Å². The molecular weight excluding hydrogens is 558 g/mol. The van der Waals surface area contributed by atoms with Crippen molar-refractivity contribution in [1.82, 2.24) is 5.32 Å². The molecule has 2 aliphatic heterocycles. The van der Waals surface area contributed by atoms with Gasteiger partial charge in [-0.25, -0.2) is 17.2 Å². The summed E-state index contributed by atoms with van der Waals surface area (Å²) in [6.45, 7) is -0.138. The van der Waals surface area contributed by atoms with E-state index in [0.29, 0.717) is 5.56 Å². The largest absolute Gasteiger partial charge is 0.487 e. The van der Waals surface area contributed by atoms with Gasteiger partial charge < -0.3 is 10.1 Å². The second-order valence-electron chi connectivity index (χ2n) is 9.37. The fourth-order valence-corrected chi connectivity index (χ4v) is 7.81. The molecule has 3 unspecified atom stereocenters. The van der Waals surface area contributed by atoms with Crippen LogP contribution >= 0.6 is 0 Å². The Kier molecular flexibility index (Phi) is 6.26. The topological polar surface area (TPSA) is 55.4 Å². The highest BCUT2D eigenvalue weighted by molar-refractivity contribution is 7.92. The van der Waals surface area contributed by atoms with Crippen molar-refractivity contribution in [1.29, 1.82) is 0 Å². The molecule has 1 fully saturated rings. The van der Waals surface area contributed by atoms with Crippen LogP contribution in [0.15, 0.2) is 77.7 Å². The van der Waals surface area contributed by atoms with Crippen LogP contribution in [0.4, 0.5) is 35.1 Å². The Morgan fingerprint density at radius 1 is 0.872 bits per heavy atom. The first-order valence-electron chi connectivity index (χ1n) is 11.6. The lowest BCUT2D eigenvalue weighted by Crippen LogP contribution is -2.51. The standard InChI is InChI=1S/C26H19F8NO3S/c27-17-7-9-18(10-8-17)39(36,37)23-19-11-6-16(24(28,25(29,30)31)26(32,33)34)13-20(19)38-22(23)14-35-21(23)12-15-4-2-1-3-5-15/h1-11,13,21-22,35H,12,14H2. The highest BCUT2D eigenvalue weighted by Crippen LogP contribution is 2.58. The first kappa shape index (κ1) is 27.4. The third-order valence-corrected chi connectivity index (χ3v) is 9.80. The minimum atomic E-state index is -6.36. The molecule has 5 rings (SSSR count). The minimum absolute atomic E-state index is 0.0838. The van der Waals surface area contributed by atoms with Gasteiger partial charge in [-0.2, -0.15) is 26.3 Å². The van der Waals surface area contributed by atoms with E-state index in [1.54, 1.807) is 30.3 Å². The summed E-state index contributed by atoms with van der Waals surface area (Å²) < 4.78 is 141. The van der Waals surface area contributed by atoms with Crippen molar-refractivity contribution in [3.05, 3.63) is 95.3 Å². The van der Waals surface area contributed by atoms with Crippen LogP contribution in [0.3, 0.4) is 0 Å². The summed E-state index contributed by atoms with van der Waals surface area (Å²) in [5.41, 5.74) is -7.05. The molecule has 0 saturated carbocycles. The van der Waals surface area contributed by atoms with Gasteiger partial charge in [0.15, 0.2) is 14.6 Å². The first-order chi connectivity index (χ1) is 18.1. The molecule has 13 heteroatoms. The first-order valence-corrected chi connectivity index (χ1v) is 13.0. The predicted octanol–water partition coefficient (Wildman–Crippen LogP) is 5.76. The van der Waals surface area contributed by atoms with E-state index in [1.165, 1.54) is 0 Å². The van der Waals surface area contributed by atoms with Gasteiger partial charge in [0.2, 0.25) is 0 Å². The van der Waals surface area contributed by atoms with E-state index in [1.807, 2.05) is 0 Å². The summed E-state index contributed by atoms with van der Waals surface area (Å²) in [5.74, 6) is -1.34. The Balaban J connectivity index is 1.72. The Morgan fingerprint density at radius 3 is 2.08 bits per heavy atom. The molecular formula is C26H19F8NO3S. The van der Waals surface area contributed by atoms with E-state index in [0.717, 1.165) is 30.3 Å². The molecule has 3 aromatic carbocycles. The molecule has 0 amide bonds. The number of hydrogen-bond acceptors (Lipinski definition) is 4. The molecule has 1 N–H and O–H groups in total. The highest BCUT2D eigenvalue weighted by Gasteiger charge is 2.74. The number of nitrogens with one attached hydrogen (secondary N) is 1. The van der Waals surface area contributed by atoms with Crippen molar-refractivity contribution in [3.8, 4) is 5.75 Å². The molecule has 0 radical (unpaired) electrons. The highest BCUT2D eigenvalue weighted by atomic mass is 32.2. The predicted molar refractivity (Wildman–Crippen MR) is 123 cm³/mol. The maximum atomic E-state index is 14.8. The molecule has 1 saturated heterocycles. The Hall–Kier alpha value is -3.19. The normalized spacial score (nSPS) is 23.3. The number of benzene rings is 3. The average molecular weight is 577 g/mol. The number of rotatable bonds is 5. The quantitative estimate of drug-likeness (QED) is 0.310. The number of sulfone groups is 1. The summed E-state index contributed by atoms with van der Waals surface area (Å²) >= 11 is 0. The summed E-state index contributed by atoms with van der Waals surface area (Å²) in [6.07, 6.45) is -13.9. The SMILES string of the molecule is O=S(=O)(c1ccc(F)cc1)C12c3ccc(C(F)(C(F)(F)F)C(F)(F)F)cc3OC1CNC2Cc1ccccc1. The molecule has 2 aliphatic rings. The molecule has 208 valence electrons. The minimum Gasteiger partial charge on any atom is -0.487 e. The average Bonchev–Trinajstić information content (AvgIpc) is 3.38. The monoisotopic (exact) mass is 577 g/mol. The molecule has 4 nitrogen and oxygen atoms in total. The van der Waals surface area contributed by atoms with E-state index in [-0.39, 0.29) is 35.6 Å². The summed E-state index contributed by atoms with van der Waals surface area (Å²) in [5, 5.41) is 3.06. The molecule has 3 aromatic rings. The lowest BCUT2D eigenvalue weighted by atomic mass is 9.85. The van der Waals surface area contributed by atoms with Gasteiger partial charge in [-0.05, 0) is 42.3 Å². The van der Waals surface area contributed by atoms with Crippen molar-refractivity contribution in [2.75, 3.05) is 6.54 Å². The molecule has 39 heavy (non-hydrogen) atoms. The van der Waals surface area contributed by atoms with Gasteiger partial charge in [0.25, 0.3) is 0 Å². The maximum absolute atomic E-state index is 14.8. The van der Waals surface area contributed by atoms with E-state index in [4.69, 9.17) is 4.74 Å². The van der Waals surface area contributed by atoms with Crippen molar-refractivity contribution in [3.63, 3.8) is 0 Å². The third-order valence-electron chi connectivity index (χ3n) is 7.25. The van der Waals surface area contributed by atoms with Crippen molar-refractivity contribution in [2.45, 2.75) is 46.2 Å². The number of fused-ring (bicyclic) bond motifs is 3. The lowest BCUT2D eigenvalue weighted by Gasteiger charge is -2.34. The second-order valence-corrected chi connectivity index (χ2v) is 11.5. The number of hydrogen-bond donors (Lipinski definition) is 1. The van der Waals surface area contributed by atoms with E-state index in [2.05, 4.69) is 5.32 Å². The van der Waals surface area contributed by atoms with Gasteiger partial charge >= 0.3 is 18.0 Å². The Bertz CT molecular complexity index is 1480. The fraction of sp³-hybridized carbons (Fsp3) is 0.308. The van der Waals surface area contributed by atoms with Gasteiger partial charge in [0.05, 0.1) is 4.90 Å². The molecule has 0 aromatic heterocycles. The number of halogens is 8. The van der Waals surface area contributed by atoms with Crippen molar-refractivity contribution in [2.24, 2.45) is 0 Å².